The number of carbonyl (C=O) groups excluding carboxylic acids is 1. The second-order valence-corrected chi connectivity index (χ2v) is 6.56. The van der Waals surface area contributed by atoms with Crippen molar-refractivity contribution in [3.63, 3.8) is 0 Å². The third kappa shape index (κ3) is 2.64. The molecule has 0 saturated heterocycles. The summed E-state index contributed by atoms with van der Waals surface area (Å²) in [6.07, 6.45) is 4.89. The second kappa shape index (κ2) is 5.68. The Balaban J connectivity index is 1.65. The molecule has 1 aliphatic carbocycles. The molecule has 4 nitrogen and oxygen atoms in total. The van der Waals surface area contributed by atoms with Crippen molar-refractivity contribution in [2.45, 2.75) is 37.1 Å². The number of nitrogens with one attached hydrogen (secondary N) is 2. The predicted octanol–water partition coefficient (Wildman–Crippen LogP) is 2.19. The number of anilines is 1. The Hall–Kier alpha value is -1.55. The van der Waals surface area contributed by atoms with Crippen LogP contribution < -0.4 is 10.6 Å². The van der Waals surface area contributed by atoms with Gasteiger partial charge in [-0.05, 0) is 38.6 Å². The fraction of sp³-hybridized carbons (Fsp3) is 0.588. The van der Waals surface area contributed by atoms with Crippen LogP contribution in [-0.4, -0.2) is 43.5 Å². The Labute approximate surface area is 126 Å². The SMILES string of the molecule is CN(C)C1(CNC(=O)C2CNc3ccccc32)CCCC1. The summed E-state index contributed by atoms with van der Waals surface area (Å²) in [6.45, 7) is 1.47. The van der Waals surface area contributed by atoms with E-state index < -0.39 is 0 Å². The van der Waals surface area contributed by atoms with E-state index >= 15 is 0 Å². The Kier molecular flexibility index (Phi) is 3.89. The van der Waals surface area contributed by atoms with Crippen LogP contribution in [0.4, 0.5) is 5.69 Å². The zero-order chi connectivity index (χ0) is 14.9. The number of amides is 1. The normalized spacial score (nSPS) is 22.9. The Morgan fingerprint density at radius 1 is 1.33 bits per heavy atom. The van der Waals surface area contributed by atoms with E-state index in [-0.39, 0.29) is 17.4 Å². The van der Waals surface area contributed by atoms with Gasteiger partial charge in [0.05, 0.1) is 5.92 Å². The lowest BCUT2D eigenvalue weighted by Crippen LogP contribution is -2.51. The molecule has 1 fully saturated rings. The van der Waals surface area contributed by atoms with Gasteiger partial charge >= 0.3 is 0 Å². The van der Waals surface area contributed by atoms with E-state index in [9.17, 15) is 4.79 Å². The maximum Gasteiger partial charge on any atom is 0.229 e. The molecule has 1 heterocycles. The molecule has 1 aromatic rings. The Morgan fingerprint density at radius 3 is 2.76 bits per heavy atom. The fourth-order valence-corrected chi connectivity index (χ4v) is 3.71. The number of para-hydroxylation sites is 1. The average molecular weight is 287 g/mol. The first-order valence-electron chi connectivity index (χ1n) is 7.90. The lowest BCUT2D eigenvalue weighted by molar-refractivity contribution is -0.122. The minimum Gasteiger partial charge on any atom is -0.384 e. The molecule has 0 aromatic heterocycles. The molecular weight excluding hydrogens is 262 g/mol. The van der Waals surface area contributed by atoms with Gasteiger partial charge in [-0.25, -0.2) is 0 Å². The van der Waals surface area contributed by atoms with Crippen LogP contribution in [0.1, 0.15) is 37.2 Å². The number of likely N-dealkylation sites (N-methyl/N-ethyl adjacent to an activating group) is 1. The van der Waals surface area contributed by atoms with E-state index in [2.05, 4.69) is 35.7 Å². The molecule has 1 aromatic carbocycles. The number of carbonyl (C=O) groups is 1. The number of nitrogens with zero attached hydrogens (tertiary/aromatic N) is 1. The second-order valence-electron chi connectivity index (χ2n) is 6.56. The molecular formula is C17H25N3O. The van der Waals surface area contributed by atoms with E-state index in [4.69, 9.17) is 0 Å². The standard InChI is InChI=1S/C17H25N3O/c1-20(2)17(9-5-6-10-17)12-19-16(21)14-11-18-15-8-4-3-7-13(14)15/h3-4,7-8,14,18H,5-6,9-12H2,1-2H3,(H,19,21). The minimum atomic E-state index is -0.0539. The molecule has 1 atom stereocenters. The number of fused-ring (bicyclic) bond motifs is 1. The monoisotopic (exact) mass is 287 g/mol. The smallest absolute Gasteiger partial charge is 0.229 e. The number of rotatable bonds is 4. The van der Waals surface area contributed by atoms with Crippen molar-refractivity contribution in [2.75, 3.05) is 32.5 Å². The van der Waals surface area contributed by atoms with E-state index in [1.165, 1.54) is 25.7 Å². The van der Waals surface area contributed by atoms with Crippen molar-refractivity contribution in [1.29, 1.82) is 0 Å². The molecule has 21 heavy (non-hydrogen) atoms. The molecule has 1 amide bonds. The van der Waals surface area contributed by atoms with E-state index in [1.54, 1.807) is 0 Å². The summed E-state index contributed by atoms with van der Waals surface area (Å²) in [5.74, 6) is 0.0994. The summed E-state index contributed by atoms with van der Waals surface area (Å²) in [4.78, 5) is 14.9. The Morgan fingerprint density at radius 2 is 2.05 bits per heavy atom. The summed E-state index contributed by atoms with van der Waals surface area (Å²) in [5, 5.41) is 6.53. The van der Waals surface area contributed by atoms with Gasteiger partial charge in [-0.1, -0.05) is 31.0 Å². The molecule has 114 valence electrons. The summed E-state index contributed by atoms with van der Waals surface area (Å²) in [6, 6.07) is 8.10. The zero-order valence-corrected chi connectivity index (χ0v) is 13.0. The summed E-state index contributed by atoms with van der Waals surface area (Å²) in [5.41, 5.74) is 2.38. The van der Waals surface area contributed by atoms with Crippen molar-refractivity contribution in [2.24, 2.45) is 0 Å². The number of hydrogen-bond acceptors (Lipinski definition) is 3. The molecule has 0 spiro atoms. The van der Waals surface area contributed by atoms with Gasteiger partial charge in [-0.15, -0.1) is 0 Å². The van der Waals surface area contributed by atoms with Gasteiger partial charge < -0.3 is 15.5 Å². The van der Waals surface area contributed by atoms with Gasteiger partial charge in [0.25, 0.3) is 0 Å². The third-order valence-corrected chi connectivity index (χ3v) is 5.22. The highest BCUT2D eigenvalue weighted by Crippen LogP contribution is 2.34. The third-order valence-electron chi connectivity index (χ3n) is 5.22. The highest BCUT2D eigenvalue weighted by atomic mass is 16.1. The van der Waals surface area contributed by atoms with Crippen LogP contribution in [-0.2, 0) is 4.79 Å². The van der Waals surface area contributed by atoms with Crippen molar-refractivity contribution >= 4 is 11.6 Å². The topological polar surface area (TPSA) is 44.4 Å². The van der Waals surface area contributed by atoms with Gasteiger partial charge in [-0.2, -0.15) is 0 Å². The summed E-state index contributed by atoms with van der Waals surface area (Å²) in [7, 11) is 4.26. The lowest BCUT2D eigenvalue weighted by atomic mass is 9.95. The van der Waals surface area contributed by atoms with E-state index in [1.807, 2.05) is 18.2 Å². The predicted molar refractivity (Wildman–Crippen MR) is 85.6 cm³/mol. The van der Waals surface area contributed by atoms with Gasteiger partial charge in [0, 0.05) is 24.3 Å². The van der Waals surface area contributed by atoms with Crippen molar-refractivity contribution in [3.05, 3.63) is 29.8 Å². The first kappa shape index (κ1) is 14.4. The van der Waals surface area contributed by atoms with Crippen LogP contribution in [0.25, 0.3) is 0 Å². The van der Waals surface area contributed by atoms with Gasteiger partial charge in [0.1, 0.15) is 0 Å². The van der Waals surface area contributed by atoms with Crippen LogP contribution in [0, 0.1) is 0 Å². The maximum atomic E-state index is 12.6. The molecule has 4 heteroatoms. The van der Waals surface area contributed by atoms with Gasteiger partial charge in [0.2, 0.25) is 5.91 Å². The molecule has 2 aliphatic rings. The van der Waals surface area contributed by atoms with Crippen LogP contribution in [0.3, 0.4) is 0 Å². The zero-order valence-electron chi connectivity index (χ0n) is 13.0. The van der Waals surface area contributed by atoms with Gasteiger partial charge in [-0.3, -0.25) is 4.79 Å². The number of benzene rings is 1. The summed E-state index contributed by atoms with van der Waals surface area (Å²) < 4.78 is 0. The van der Waals surface area contributed by atoms with Gasteiger partial charge in [0.15, 0.2) is 0 Å². The maximum absolute atomic E-state index is 12.6. The minimum absolute atomic E-state index is 0.0539. The quantitative estimate of drug-likeness (QED) is 0.892. The van der Waals surface area contributed by atoms with Crippen LogP contribution in [0.5, 0.6) is 0 Å². The molecule has 2 N–H and O–H groups in total. The molecule has 1 unspecified atom stereocenters. The Bertz CT molecular complexity index is 521. The molecule has 3 rings (SSSR count). The van der Waals surface area contributed by atoms with Crippen LogP contribution in [0.2, 0.25) is 0 Å². The molecule has 1 saturated carbocycles. The van der Waals surface area contributed by atoms with E-state index in [0.717, 1.165) is 17.8 Å². The fourth-order valence-electron chi connectivity index (χ4n) is 3.71. The largest absolute Gasteiger partial charge is 0.384 e. The molecule has 1 aliphatic heterocycles. The van der Waals surface area contributed by atoms with Crippen LogP contribution >= 0.6 is 0 Å². The molecule has 0 bridgehead atoms. The first-order valence-corrected chi connectivity index (χ1v) is 7.90. The van der Waals surface area contributed by atoms with Crippen molar-refractivity contribution in [1.82, 2.24) is 10.2 Å². The average Bonchev–Trinajstić information content (AvgIpc) is 3.12. The molecule has 0 radical (unpaired) electrons. The van der Waals surface area contributed by atoms with Crippen molar-refractivity contribution in [3.8, 4) is 0 Å². The summed E-state index contributed by atoms with van der Waals surface area (Å²) >= 11 is 0. The van der Waals surface area contributed by atoms with E-state index in [0.29, 0.717) is 6.54 Å². The number of hydrogen-bond donors (Lipinski definition) is 2. The van der Waals surface area contributed by atoms with Crippen LogP contribution in [0.15, 0.2) is 24.3 Å². The highest BCUT2D eigenvalue weighted by Gasteiger charge is 2.37. The first-order chi connectivity index (χ1) is 10.1. The van der Waals surface area contributed by atoms with Crippen molar-refractivity contribution < 1.29 is 4.79 Å². The lowest BCUT2D eigenvalue weighted by Gasteiger charge is -2.36. The highest BCUT2D eigenvalue weighted by molar-refractivity contribution is 5.88.